The number of nitro groups is 1. The molecule has 8 heteroatoms. The number of amides is 1. The van der Waals surface area contributed by atoms with Gasteiger partial charge in [-0.2, -0.15) is 0 Å². The molecule has 0 saturated carbocycles. The zero-order valence-corrected chi connectivity index (χ0v) is 15.8. The summed E-state index contributed by atoms with van der Waals surface area (Å²) >= 11 is 1.21. The quantitative estimate of drug-likeness (QED) is 0.443. The average Bonchev–Trinajstić information content (AvgIpc) is 3.03. The third kappa shape index (κ3) is 4.86. The molecule has 1 N–H and O–H groups in total. The van der Waals surface area contributed by atoms with E-state index >= 15 is 0 Å². The summed E-state index contributed by atoms with van der Waals surface area (Å²) in [6.45, 7) is 2.50. The Labute approximate surface area is 166 Å². The van der Waals surface area contributed by atoms with Crippen molar-refractivity contribution in [3.8, 4) is 5.75 Å². The molecule has 0 unspecified atom stereocenters. The van der Waals surface area contributed by atoms with E-state index in [1.165, 1.54) is 17.8 Å². The monoisotopic (exact) mass is 395 g/mol. The second-order valence-electron chi connectivity index (χ2n) is 5.61. The topological polar surface area (TPSA) is 93.8 Å². The number of carbonyl (C=O) groups is 1. The van der Waals surface area contributed by atoms with Crippen molar-refractivity contribution in [1.82, 2.24) is 5.32 Å². The molecule has 1 heterocycles. The standard InChI is InChI=1S/C20H17N3O4S/c1-2-27-16-12-10-15(11-13-16)21-20-22-19(24)18(28-20)9-5-7-14-6-3-4-8-17(14)23(25)26/h3-13H,2H2,1H3,(H,21,22,24)/b7-5+,18-9+. The molecule has 2 aromatic carbocycles. The maximum Gasteiger partial charge on any atom is 0.276 e. The van der Waals surface area contributed by atoms with E-state index in [1.807, 2.05) is 19.1 Å². The van der Waals surface area contributed by atoms with E-state index in [-0.39, 0.29) is 11.6 Å². The fraction of sp³-hybridized carbons (Fsp3) is 0.100. The highest BCUT2D eigenvalue weighted by molar-refractivity contribution is 8.18. The number of hydrogen-bond donors (Lipinski definition) is 1. The van der Waals surface area contributed by atoms with Crippen LogP contribution in [0.3, 0.4) is 0 Å². The van der Waals surface area contributed by atoms with Crippen molar-refractivity contribution in [2.45, 2.75) is 6.92 Å². The molecule has 1 amide bonds. The van der Waals surface area contributed by atoms with Gasteiger partial charge in [-0.15, -0.1) is 0 Å². The van der Waals surface area contributed by atoms with Crippen LogP contribution in [0.25, 0.3) is 6.08 Å². The van der Waals surface area contributed by atoms with Gasteiger partial charge in [0.25, 0.3) is 11.6 Å². The molecule has 1 fully saturated rings. The number of thioether (sulfide) groups is 1. The Morgan fingerprint density at radius 2 is 1.96 bits per heavy atom. The van der Waals surface area contributed by atoms with Crippen LogP contribution in [0.2, 0.25) is 0 Å². The van der Waals surface area contributed by atoms with Gasteiger partial charge in [-0.25, -0.2) is 4.99 Å². The van der Waals surface area contributed by atoms with E-state index in [9.17, 15) is 14.9 Å². The van der Waals surface area contributed by atoms with Crippen LogP contribution < -0.4 is 10.1 Å². The number of nitrogens with one attached hydrogen (secondary N) is 1. The zero-order valence-electron chi connectivity index (χ0n) is 15.0. The second-order valence-corrected chi connectivity index (χ2v) is 6.64. The van der Waals surface area contributed by atoms with E-state index in [0.29, 0.717) is 27.9 Å². The molecular weight excluding hydrogens is 378 g/mol. The van der Waals surface area contributed by atoms with Crippen molar-refractivity contribution in [3.05, 3.63) is 81.3 Å². The van der Waals surface area contributed by atoms with E-state index in [1.54, 1.807) is 48.6 Å². The first kappa shape index (κ1) is 19.4. The number of aliphatic imine (C=N–C) groups is 1. The highest BCUT2D eigenvalue weighted by Crippen LogP contribution is 2.27. The Balaban J connectivity index is 1.71. The summed E-state index contributed by atoms with van der Waals surface area (Å²) in [5, 5.41) is 14.2. The number of para-hydroxylation sites is 1. The van der Waals surface area contributed by atoms with Crippen molar-refractivity contribution in [2.75, 3.05) is 6.61 Å². The van der Waals surface area contributed by atoms with Crippen LogP contribution in [-0.4, -0.2) is 22.6 Å². The Kier molecular flexibility index (Phi) is 6.23. The Bertz CT molecular complexity index is 981. The van der Waals surface area contributed by atoms with Crippen LogP contribution in [0.4, 0.5) is 11.4 Å². The number of benzene rings is 2. The van der Waals surface area contributed by atoms with Crippen molar-refractivity contribution in [2.24, 2.45) is 4.99 Å². The molecule has 2 aromatic rings. The van der Waals surface area contributed by atoms with Crippen LogP contribution in [0, 0.1) is 10.1 Å². The lowest BCUT2D eigenvalue weighted by molar-refractivity contribution is -0.385. The first-order valence-corrected chi connectivity index (χ1v) is 9.31. The number of amidine groups is 1. The molecule has 1 aliphatic heterocycles. The summed E-state index contributed by atoms with van der Waals surface area (Å²) in [5.74, 6) is 0.497. The molecule has 0 bridgehead atoms. The van der Waals surface area contributed by atoms with Gasteiger partial charge in [0.1, 0.15) is 5.75 Å². The summed E-state index contributed by atoms with van der Waals surface area (Å²) in [7, 11) is 0. The Morgan fingerprint density at radius 3 is 2.68 bits per heavy atom. The van der Waals surface area contributed by atoms with Gasteiger partial charge in [0.15, 0.2) is 5.17 Å². The number of allylic oxidation sites excluding steroid dienone is 2. The number of carbonyl (C=O) groups excluding carboxylic acids is 1. The van der Waals surface area contributed by atoms with Gasteiger partial charge in [-0.3, -0.25) is 14.9 Å². The van der Waals surface area contributed by atoms with Crippen LogP contribution >= 0.6 is 11.8 Å². The summed E-state index contributed by atoms with van der Waals surface area (Å²) in [4.78, 5) is 27.5. The minimum Gasteiger partial charge on any atom is -0.494 e. The second kappa shape index (κ2) is 9.01. The van der Waals surface area contributed by atoms with Gasteiger partial charge < -0.3 is 10.1 Å². The molecule has 142 valence electrons. The average molecular weight is 395 g/mol. The molecule has 1 saturated heterocycles. The molecule has 28 heavy (non-hydrogen) atoms. The molecule has 0 radical (unpaired) electrons. The number of nitro benzene ring substituents is 1. The van der Waals surface area contributed by atoms with E-state index in [2.05, 4.69) is 10.3 Å². The lowest BCUT2D eigenvalue weighted by atomic mass is 10.1. The number of ether oxygens (including phenoxy) is 1. The van der Waals surface area contributed by atoms with Crippen LogP contribution in [-0.2, 0) is 4.79 Å². The maximum absolute atomic E-state index is 12.1. The minimum absolute atomic E-state index is 0.0124. The molecule has 7 nitrogen and oxygen atoms in total. The normalized spacial score (nSPS) is 16.7. The molecule has 1 aliphatic rings. The Hall–Kier alpha value is -3.39. The molecule has 0 aliphatic carbocycles. The van der Waals surface area contributed by atoms with Crippen molar-refractivity contribution < 1.29 is 14.5 Å². The predicted octanol–water partition coefficient (Wildman–Crippen LogP) is 4.44. The van der Waals surface area contributed by atoms with Gasteiger partial charge in [0, 0.05) is 6.07 Å². The lowest BCUT2D eigenvalue weighted by Crippen LogP contribution is -2.19. The van der Waals surface area contributed by atoms with Crippen LogP contribution in [0.15, 0.2) is 70.6 Å². The fourth-order valence-corrected chi connectivity index (χ4v) is 3.22. The summed E-state index contributed by atoms with van der Waals surface area (Å²) in [5.41, 5.74) is 1.18. The molecule has 0 atom stereocenters. The molecule has 3 rings (SSSR count). The van der Waals surface area contributed by atoms with Gasteiger partial charge in [-0.1, -0.05) is 18.2 Å². The Morgan fingerprint density at radius 1 is 1.21 bits per heavy atom. The van der Waals surface area contributed by atoms with Gasteiger partial charge in [0.05, 0.1) is 27.7 Å². The lowest BCUT2D eigenvalue weighted by Gasteiger charge is -2.02. The highest BCUT2D eigenvalue weighted by Gasteiger charge is 2.23. The van der Waals surface area contributed by atoms with E-state index < -0.39 is 4.92 Å². The first-order valence-electron chi connectivity index (χ1n) is 8.49. The highest BCUT2D eigenvalue weighted by atomic mass is 32.2. The third-order valence-electron chi connectivity index (χ3n) is 3.69. The fourth-order valence-electron chi connectivity index (χ4n) is 2.43. The smallest absolute Gasteiger partial charge is 0.276 e. The van der Waals surface area contributed by atoms with Crippen molar-refractivity contribution >= 4 is 40.3 Å². The summed E-state index contributed by atoms with van der Waals surface area (Å²) < 4.78 is 5.39. The van der Waals surface area contributed by atoms with Crippen molar-refractivity contribution in [1.29, 1.82) is 0 Å². The SMILES string of the molecule is CCOc1ccc(N=C2NC(=O)/C(=C\C=C\c3ccccc3[N+](=O)[O-])S2)cc1. The molecular formula is C20H17N3O4S. The third-order valence-corrected chi connectivity index (χ3v) is 4.61. The predicted molar refractivity (Wildman–Crippen MR) is 111 cm³/mol. The van der Waals surface area contributed by atoms with Crippen LogP contribution in [0.1, 0.15) is 12.5 Å². The number of hydrogen-bond acceptors (Lipinski definition) is 6. The summed E-state index contributed by atoms with van der Waals surface area (Å²) in [6.07, 6.45) is 4.82. The first-order chi connectivity index (χ1) is 13.6. The zero-order chi connectivity index (χ0) is 19.9. The van der Waals surface area contributed by atoms with Gasteiger partial charge in [-0.05, 0) is 61.2 Å². The molecule has 0 aromatic heterocycles. The minimum atomic E-state index is -0.439. The number of nitrogens with zero attached hydrogens (tertiary/aromatic N) is 2. The van der Waals surface area contributed by atoms with Crippen molar-refractivity contribution in [3.63, 3.8) is 0 Å². The largest absolute Gasteiger partial charge is 0.494 e. The van der Waals surface area contributed by atoms with E-state index in [4.69, 9.17) is 4.74 Å². The summed E-state index contributed by atoms with van der Waals surface area (Å²) in [6, 6.07) is 13.7. The van der Waals surface area contributed by atoms with E-state index in [0.717, 1.165) is 5.75 Å². The maximum atomic E-state index is 12.1. The van der Waals surface area contributed by atoms with Gasteiger partial charge >= 0.3 is 0 Å². The van der Waals surface area contributed by atoms with Crippen LogP contribution in [0.5, 0.6) is 5.75 Å². The van der Waals surface area contributed by atoms with Gasteiger partial charge in [0.2, 0.25) is 0 Å². The molecule has 0 spiro atoms. The number of rotatable bonds is 6.